The second-order valence-corrected chi connectivity index (χ2v) is 8.56. The largest absolute Gasteiger partial charge is 0.484 e. The molecule has 2 fully saturated rings. The fourth-order valence-corrected chi connectivity index (χ4v) is 4.57. The van der Waals surface area contributed by atoms with E-state index in [1.165, 1.54) is 58.0 Å². The molecule has 1 heterocycles. The van der Waals surface area contributed by atoms with Gasteiger partial charge in [0, 0.05) is 45.3 Å². The van der Waals surface area contributed by atoms with Gasteiger partial charge in [0.2, 0.25) is 0 Å². The topological polar surface area (TPSA) is 78.0 Å². The molecule has 180 valence electrons. The van der Waals surface area contributed by atoms with Crippen LogP contribution in [0.5, 0.6) is 5.75 Å². The Morgan fingerprint density at radius 3 is 2.56 bits per heavy atom. The van der Waals surface area contributed by atoms with Gasteiger partial charge < -0.3 is 25.6 Å². The molecule has 0 unspecified atom stereocenters. The summed E-state index contributed by atoms with van der Waals surface area (Å²) in [4.78, 5) is 18.7. The van der Waals surface area contributed by atoms with E-state index in [2.05, 4.69) is 25.8 Å². The number of likely N-dealkylation sites (N-methyl/N-ethyl adjacent to an activating group) is 1. The molecule has 0 bridgehead atoms. The highest BCUT2D eigenvalue weighted by Crippen LogP contribution is 2.25. The molecule has 1 aromatic rings. The van der Waals surface area contributed by atoms with Crippen LogP contribution in [0.4, 0.5) is 0 Å². The molecule has 7 nitrogen and oxygen atoms in total. The number of aliphatic imine (C=N–C) groups is 1. The molecule has 1 aromatic carbocycles. The summed E-state index contributed by atoms with van der Waals surface area (Å²) >= 11 is 0. The SMILES string of the molecule is CCNC(=O)COc1cccc(CNC(=NC)NC2CCN(C3CCCCC3)CC2)c1.I. The zero-order valence-electron chi connectivity index (χ0n) is 19.6. The lowest BCUT2D eigenvalue weighted by Crippen LogP contribution is -2.50. The number of amides is 1. The summed E-state index contributed by atoms with van der Waals surface area (Å²) in [6.07, 6.45) is 9.32. The number of carbonyl (C=O) groups excluding carboxylic acids is 1. The zero-order valence-corrected chi connectivity index (χ0v) is 21.9. The quantitative estimate of drug-likeness (QED) is 0.260. The van der Waals surface area contributed by atoms with E-state index in [1.54, 1.807) is 0 Å². The second kappa shape index (κ2) is 14.6. The first-order valence-electron chi connectivity index (χ1n) is 11.9. The molecule has 1 amide bonds. The van der Waals surface area contributed by atoms with Gasteiger partial charge in [-0.3, -0.25) is 9.79 Å². The van der Waals surface area contributed by atoms with Gasteiger partial charge in [-0.1, -0.05) is 31.4 Å². The van der Waals surface area contributed by atoms with Gasteiger partial charge in [-0.25, -0.2) is 0 Å². The maximum atomic E-state index is 11.6. The molecular weight excluding hydrogens is 517 g/mol. The number of ether oxygens (including phenoxy) is 1. The van der Waals surface area contributed by atoms with Crippen molar-refractivity contribution in [2.75, 3.05) is 33.3 Å². The Labute approximate surface area is 210 Å². The van der Waals surface area contributed by atoms with Crippen molar-refractivity contribution < 1.29 is 9.53 Å². The van der Waals surface area contributed by atoms with E-state index >= 15 is 0 Å². The highest BCUT2D eigenvalue weighted by Gasteiger charge is 2.26. The van der Waals surface area contributed by atoms with Crippen LogP contribution in [-0.4, -0.2) is 62.1 Å². The minimum Gasteiger partial charge on any atom is -0.484 e. The van der Waals surface area contributed by atoms with Gasteiger partial charge in [0.1, 0.15) is 5.75 Å². The first kappa shape index (κ1) is 26.7. The van der Waals surface area contributed by atoms with Gasteiger partial charge >= 0.3 is 0 Å². The van der Waals surface area contributed by atoms with Crippen LogP contribution in [0, 0.1) is 0 Å². The number of halogens is 1. The number of guanidine groups is 1. The van der Waals surface area contributed by atoms with E-state index in [1.807, 2.05) is 38.2 Å². The number of likely N-dealkylation sites (tertiary alicyclic amines) is 1. The van der Waals surface area contributed by atoms with Crippen molar-refractivity contribution in [2.24, 2.45) is 4.99 Å². The van der Waals surface area contributed by atoms with Crippen LogP contribution in [0.3, 0.4) is 0 Å². The molecular formula is C24H40IN5O2. The maximum absolute atomic E-state index is 11.6. The Balaban J connectivity index is 0.00000363. The molecule has 1 saturated carbocycles. The van der Waals surface area contributed by atoms with Gasteiger partial charge in [0.15, 0.2) is 12.6 Å². The number of hydrogen-bond acceptors (Lipinski definition) is 4. The van der Waals surface area contributed by atoms with Gasteiger partial charge in [0.25, 0.3) is 5.91 Å². The lowest BCUT2D eigenvalue weighted by molar-refractivity contribution is -0.122. The molecule has 32 heavy (non-hydrogen) atoms. The molecule has 0 atom stereocenters. The van der Waals surface area contributed by atoms with Crippen molar-refractivity contribution in [3.63, 3.8) is 0 Å². The summed E-state index contributed by atoms with van der Waals surface area (Å²) in [6.45, 7) is 5.56. The van der Waals surface area contributed by atoms with Crippen LogP contribution < -0.4 is 20.7 Å². The van der Waals surface area contributed by atoms with E-state index in [0.29, 0.717) is 24.9 Å². The second-order valence-electron chi connectivity index (χ2n) is 8.56. The third kappa shape index (κ3) is 8.77. The number of nitrogens with one attached hydrogen (secondary N) is 3. The number of carbonyl (C=O) groups is 1. The van der Waals surface area contributed by atoms with E-state index in [-0.39, 0.29) is 36.5 Å². The summed E-state index contributed by atoms with van der Waals surface area (Å²) in [5.74, 6) is 1.43. The maximum Gasteiger partial charge on any atom is 0.257 e. The molecule has 0 radical (unpaired) electrons. The highest BCUT2D eigenvalue weighted by atomic mass is 127. The first-order chi connectivity index (χ1) is 15.2. The molecule has 3 rings (SSSR count). The minimum atomic E-state index is -0.106. The standard InChI is InChI=1S/C24H39N5O2.HI/c1-3-26-23(30)18-31-22-11-7-8-19(16-22)17-27-24(25-2)28-20-12-14-29(15-13-20)21-9-5-4-6-10-21;/h7-8,11,16,20-21H,3-6,9-10,12-15,17-18H2,1-2H3,(H,26,30)(H2,25,27,28);1H. The Kier molecular flexibility index (Phi) is 12.2. The van der Waals surface area contributed by atoms with Crippen LogP contribution in [0.2, 0.25) is 0 Å². The van der Waals surface area contributed by atoms with E-state index in [4.69, 9.17) is 4.74 Å². The van der Waals surface area contributed by atoms with Crippen molar-refractivity contribution in [3.05, 3.63) is 29.8 Å². The third-order valence-corrected chi connectivity index (χ3v) is 6.29. The predicted molar refractivity (Wildman–Crippen MR) is 141 cm³/mol. The molecule has 1 saturated heterocycles. The van der Waals surface area contributed by atoms with E-state index in [9.17, 15) is 4.79 Å². The van der Waals surface area contributed by atoms with Gasteiger partial charge in [-0.05, 0) is 50.3 Å². The van der Waals surface area contributed by atoms with Crippen LogP contribution >= 0.6 is 24.0 Å². The Morgan fingerprint density at radius 1 is 1.12 bits per heavy atom. The highest BCUT2D eigenvalue weighted by molar-refractivity contribution is 14.0. The summed E-state index contributed by atoms with van der Waals surface area (Å²) in [7, 11) is 1.82. The van der Waals surface area contributed by atoms with Crippen molar-refractivity contribution in [1.29, 1.82) is 0 Å². The van der Waals surface area contributed by atoms with Crippen LogP contribution in [0.1, 0.15) is 57.4 Å². The fraction of sp³-hybridized carbons (Fsp3) is 0.667. The van der Waals surface area contributed by atoms with Gasteiger partial charge in [0.05, 0.1) is 0 Å². The smallest absolute Gasteiger partial charge is 0.257 e. The van der Waals surface area contributed by atoms with Crippen molar-refractivity contribution in [1.82, 2.24) is 20.9 Å². The van der Waals surface area contributed by atoms with Gasteiger partial charge in [-0.2, -0.15) is 0 Å². The summed E-state index contributed by atoms with van der Waals surface area (Å²) in [6, 6.07) is 9.11. The first-order valence-corrected chi connectivity index (χ1v) is 11.9. The van der Waals surface area contributed by atoms with E-state index < -0.39 is 0 Å². The van der Waals surface area contributed by atoms with Crippen LogP contribution in [0.25, 0.3) is 0 Å². The summed E-state index contributed by atoms with van der Waals surface area (Å²) in [5, 5.41) is 9.74. The van der Waals surface area contributed by atoms with Crippen molar-refractivity contribution in [3.8, 4) is 5.75 Å². The predicted octanol–water partition coefficient (Wildman–Crippen LogP) is 3.28. The number of nitrogens with zero attached hydrogens (tertiary/aromatic N) is 2. The number of hydrogen-bond donors (Lipinski definition) is 3. The molecule has 1 aliphatic heterocycles. The number of benzene rings is 1. The molecule has 1 aliphatic carbocycles. The minimum absolute atomic E-state index is 0. The number of piperidine rings is 1. The monoisotopic (exact) mass is 557 g/mol. The molecule has 8 heteroatoms. The van der Waals surface area contributed by atoms with Crippen LogP contribution in [-0.2, 0) is 11.3 Å². The average Bonchev–Trinajstić information content (AvgIpc) is 2.82. The Morgan fingerprint density at radius 2 is 1.88 bits per heavy atom. The Bertz CT molecular complexity index is 716. The fourth-order valence-electron chi connectivity index (χ4n) is 4.57. The molecule has 0 spiro atoms. The van der Waals surface area contributed by atoms with Crippen molar-refractivity contribution >= 4 is 35.8 Å². The van der Waals surface area contributed by atoms with E-state index in [0.717, 1.165) is 17.6 Å². The zero-order chi connectivity index (χ0) is 21.9. The summed E-state index contributed by atoms with van der Waals surface area (Å²) < 4.78 is 5.59. The van der Waals surface area contributed by atoms with Crippen molar-refractivity contribution in [2.45, 2.75) is 70.5 Å². The normalized spacial score (nSPS) is 18.5. The average molecular weight is 558 g/mol. The summed E-state index contributed by atoms with van der Waals surface area (Å²) in [5.41, 5.74) is 1.09. The van der Waals surface area contributed by atoms with Gasteiger partial charge in [-0.15, -0.1) is 24.0 Å². The number of rotatable bonds is 8. The lowest BCUT2D eigenvalue weighted by atomic mass is 9.92. The Hall–Kier alpha value is -1.55. The third-order valence-electron chi connectivity index (χ3n) is 6.29. The molecule has 3 N–H and O–H groups in total. The molecule has 0 aromatic heterocycles. The van der Waals surface area contributed by atoms with Crippen LogP contribution in [0.15, 0.2) is 29.3 Å². The lowest BCUT2D eigenvalue weighted by Gasteiger charge is -2.39. The molecule has 2 aliphatic rings.